The number of benzene rings is 1. The van der Waals surface area contributed by atoms with Gasteiger partial charge < -0.3 is 14.5 Å². The number of morpholine rings is 1. The first kappa shape index (κ1) is 27.2. The third-order valence-electron chi connectivity index (χ3n) is 6.31. The van der Waals surface area contributed by atoms with Gasteiger partial charge in [-0.2, -0.15) is 0 Å². The first-order valence-corrected chi connectivity index (χ1v) is 14.4. The average Bonchev–Trinajstić information content (AvgIpc) is 3.26. The van der Waals surface area contributed by atoms with Crippen molar-refractivity contribution >= 4 is 15.5 Å². The highest BCUT2D eigenvalue weighted by atomic mass is 32.2. The molecule has 2 N–H and O–H groups in total. The lowest BCUT2D eigenvalue weighted by Crippen LogP contribution is -2.38. The maximum Gasteiger partial charge on any atom is 0.277 e. The van der Waals surface area contributed by atoms with E-state index in [0.717, 1.165) is 26.1 Å². The predicted molar refractivity (Wildman–Crippen MR) is 141 cm³/mol. The largest absolute Gasteiger partial charge is 0.493 e. The van der Waals surface area contributed by atoms with E-state index in [4.69, 9.17) is 9.47 Å². The molecule has 11 nitrogen and oxygen atoms in total. The number of hydrogen-bond donors (Lipinski definition) is 2. The molecule has 1 aliphatic heterocycles. The van der Waals surface area contributed by atoms with Crippen molar-refractivity contribution in [1.29, 1.82) is 0 Å². The molecule has 1 saturated heterocycles. The number of nitrogens with one attached hydrogen (secondary N) is 2. The van der Waals surface area contributed by atoms with E-state index in [0.29, 0.717) is 74.0 Å². The first-order valence-electron chi connectivity index (χ1n) is 13.0. The molecule has 1 aliphatic rings. The summed E-state index contributed by atoms with van der Waals surface area (Å²) in [6, 6.07) is 4.60. The quantitative estimate of drug-likeness (QED) is 0.339. The summed E-state index contributed by atoms with van der Waals surface area (Å²) in [6.07, 6.45) is 2.81. The second-order valence-electron chi connectivity index (χ2n) is 8.94. The number of aryl methyl sites for hydroxylation is 2. The van der Waals surface area contributed by atoms with Gasteiger partial charge in [0.1, 0.15) is 11.6 Å². The predicted octanol–water partition coefficient (Wildman–Crippen LogP) is 2.00. The SMILES string of the molecule is CCCc1nc(CC)c2c(=O)[nH]c(-c3cc(S(=O)(=O)NCCCN4CCOCC4)ccc3OCC)nn12. The molecular weight excluding hydrogens is 496 g/mol. The van der Waals surface area contributed by atoms with E-state index in [9.17, 15) is 13.2 Å². The van der Waals surface area contributed by atoms with Gasteiger partial charge in [0.2, 0.25) is 10.0 Å². The summed E-state index contributed by atoms with van der Waals surface area (Å²) in [4.78, 5) is 22.9. The number of ether oxygens (including phenoxy) is 2. The van der Waals surface area contributed by atoms with Gasteiger partial charge in [0.25, 0.3) is 5.56 Å². The summed E-state index contributed by atoms with van der Waals surface area (Å²) < 4.78 is 41.6. The number of imidazole rings is 1. The lowest BCUT2D eigenvalue weighted by atomic mass is 10.2. The fourth-order valence-corrected chi connectivity index (χ4v) is 5.55. The van der Waals surface area contributed by atoms with E-state index in [1.165, 1.54) is 12.1 Å². The molecule has 1 fully saturated rings. The zero-order chi connectivity index (χ0) is 26.4. The minimum absolute atomic E-state index is 0.0775. The van der Waals surface area contributed by atoms with Gasteiger partial charge in [-0.15, -0.1) is 5.10 Å². The van der Waals surface area contributed by atoms with Gasteiger partial charge >= 0.3 is 0 Å². The van der Waals surface area contributed by atoms with Crippen LogP contribution in [0.2, 0.25) is 0 Å². The Morgan fingerprint density at radius 1 is 1.19 bits per heavy atom. The van der Waals surface area contributed by atoms with E-state index < -0.39 is 10.0 Å². The molecule has 0 aliphatic carbocycles. The zero-order valence-electron chi connectivity index (χ0n) is 21.7. The number of sulfonamides is 1. The summed E-state index contributed by atoms with van der Waals surface area (Å²) in [7, 11) is -3.78. The fraction of sp³-hybridized carbons (Fsp3) is 0.560. The van der Waals surface area contributed by atoms with Gasteiger partial charge in [-0.3, -0.25) is 9.69 Å². The Hall–Kier alpha value is -2.80. The monoisotopic (exact) mass is 532 g/mol. The van der Waals surface area contributed by atoms with Crippen molar-refractivity contribution in [3.8, 4) is 17.1 Å². The summed E-state index contributed by atoms with van der Waals surface area (Å²) in [5.74, 6) is 1.36. The third kappa shape index (κ3) is 6.20. The van der Waals surface area contributed by atoms with Gasteiger partial charge in [-0.05, 0) is 50.9 Å². The molecular formula is C25H36N6O5S. The highest BCUT2D eigenvalue weighted by molar-refractivity contribution is 7.89. The second-order valence-corrected chi connectivity index (χ2v) is 10.7. The van der Waals surface area contributed by atoms with Crippen LogP contribution in [-0.2, 0) is 27.6 Å². The van der Waals surface area contributed by atoms with Crippen molar-refractivity contribution in [2.24, 2.45) is 0 Å². The van der Waals surface area contributed by atoms with Crippen molar-refractivity contribution in [2.75, 3.05) is 46.0 Å². The molecule has 0 atom stereocenters. The average molecular weight is 533 g/mol. The second kappa shape index (κ2) is 12.2. The molecule has 2 aromatic heterocycles. The smallest absolute Gasteiger partial charge is 0.277 e. The van der Waals surface area contributed by atoms with Crippen LogP contribution in [0.25, 0.3) is 16.9 Å². The molecule has 0 saturated carbocycles. The van der Waals surface area contributed by atoms with Gasteiger partial charge in [-0.1, -0.05) is 13.8 Å². The maximum absolute atomic E-state index is 13.1. The van der Waals surface area contributed by atoms with Crippen molar-refractivity contribution < 1.29 is 17.9 Å². The van der Waals surface area contributed by atoms with Crippen LogP contribution in [-0.4, -0.2) is 78.9 Å². The Labute approximate surface area is 217 Å². The molecule has 3 aromatic rings. The van der Waals surface area contributed by atoms with Crippen LogP contribution < -0.4 is 15.0 Å². The van der Waals surface area contributed by atoms with Crippen molar-refractivity contribution in [1.82, 2.24) is 29.2 Å². The molecule has 3 heterocycles. The Morgan fingerprint density at radius 3 is 2.68 bits per heavy atom. The Morgan fingerprint density at radius 2 is 1.97 bits per heavy atom. The number of aromatic amines is 1. The molecule has 0 spiro atoms. The standard InChI is InChI=1S/C25H36N6O5S/c1-4-8-22-27-20(5-2)23-25(32)28-24(29-31(22)23)19-17-18(9-10-21(19)36-6-3)37(33,34)26-11-7-12-30-13-15-35-16-14-30/h9-10,17,26H,4-8,11-16H2,1-3H3,(H,28,29,32). The van der Waals surface area contributed by atoms with Crippen LogP contribution in [0.3, 0.4) is 0 Å². The van der Waals surface area contributed by atoms with Gasteiger partial charge in [0.05, 0.1) is 36.0 Å². The van der Waals surface area contributed by atoms with E-state index in [2.05, 4.69) is 24.7 Å². The lowest BCUT2D eigenvalue weighted by molar-refractivity contribution is 0.0376. The molecule has 0 amide bonds. The van der Waals surface area contributed by atoms with Crippen LogP contribution in [0.1, 0.15) is 45.1 Å². The number of H-pyrrole nitrogens is 1. The summed E-state index contributed by atoms with van der Waals surface area (Å²) in [6.45, 7) is 10.5. The molecule has 0 radical (unpaired) electrons. The van der Waals surface area contributed by atoms with E-state index in [1.807, 2.05) is 20.8 Å². The molecule has 0 bridgehead atoms. The molecule has 1 aromatic carbocycles. The molecule has 12 heteroatoms. The minimum atomic E-state index is -3.78. The highest BCUT2D eigenvalue weighted by Gasteiger charge is 2.21. The number of nitrogens with zero attached hydrogens (tertiary/aromatic N) is 4. The van der Waals surface area contributed by atoms with E-state index in [1.54, 1.807) is 10.6 Å². The number of rotatable bonds is 12. The normalized spacial score (nSPS) is 14.9. The van der Waals surface area contributed by atoms with Crippen molar-refractivity contribution in [3.63, 3.8) is 0 Å². The number of hydrogen-bond acceptors (Lipinski definition) is 8. The van der Waals surface area contributed by atoms with Gasteiger partial charge in [0.15, 0.2) is 11.3 Å². The summed E-state index contributed by atoms with van der Waals surface area (Å²) >= 11 is 0. The zero-order valence-corrected chi connectivity index (χ0v) is 22.6. The van der Waals surface area contributed by atoms with E-state index in [-0.39, 0.29) is 16.3 Å². The molecule has 4 rings (SSSR count). The maximum atomic E-state index is 13.1. The number of aromatic nitrogens is 4. The van der Waals surface area contributed by atoms with Gasteiger partial charge in [0, 0.05) is 26.1 Å². The highest BCUT2D eigenvalue weighted by Crippen LogP contribution is 2.30. The van der Waals surface area contributed by atoms with Crippen molar-refractivity contribution in [3.05, 3.63) is 40.1 Å². The van der Waals surface area contributed by atoms with Crippen LogP contribution in [0.5, 0.6) is 5.75 Å². The Kier molecular flexibility index (Phi) is 8.95. The molecule has 0 unspecified atom stereocenters. The fourth-order valence-electron chi connectivity index (χ4n) is 4.45. The first-order chi connectivity index (χ1) is 17.9. The molecule has 202 valence electrons. The minimum Gasteiger partial charge on any atom is -0.493 e. The van der Waals surface area contributed by atoms with Gasteiger partial charge in [-0.25, -0.2) is 22.6 Å². The number of fused-ring (bicyclic) bond motifs is 1. The van der Waals surface area contributed by atoms with Crippen molar-refractivity contribution in [2.45, 2.75) is 51.3 Å². The Balaban J connectivity index is 1.64. The molecule has 37 heavy (non-hydrogen) atoms. The topological polar surface area (TPSA) is 131 Å². The van der Waals surface area contributed by atoms with Crippen LogP contribution in [0.4, 0.5) is 0 Å². The Bertz CT molecular complexity index is 1380. The third-order valence-corrected chi connectivity index (χ3v) is 7.77. The van der Waals surface area contributed by atoms with Crippen LogP contribution >= 0.6 is 0 Å². The van der Waals surface area contributed by atoms with Crippen LogP contribution in [0, 0.1) is 0 Å². The lowest BCUT2D eigenvalue weighted by Gasteiger charge is -2.26. The summed E-state index contributed by atoms with van der Waals surface area (Å²) in [5, 5.41) is 4.67. The van der Waals surface area contributed by atoms with E-state index >= 15 is 0 Å². The summed E-state index contributed by atoms with van der Waals surface area (Å²) in [5.41, 5.74) is 1.17. The van der Waals surface area contributed by atoms with Crippen LogP contribution in [0.15, 0.2) is 27.9 Å².